The van der Waals surface area contributed by atoms with E-state index in [2.05, 4.69) is 95.0 Å². The molecule has 0 amide bonds. The summed E-state index contributed by atoms with van der Waals surface area (Å²) in [5, 5.41) is 9.71. The van der Waals surface area contributed by atoms with Crippen molar-refractivity contribution in [2.45, 2.75) is 52.4 Å². The summed E-state index contributed by atoms with van der Waals surface area (Å²) in [6.45, 7) is 13.4. The monoisotopic (exact) mass is 373 g/mol. The minimum atomic E-state index is 0.121. The number of benzene rings is 3. The molecule has 0 spiro atoms. The van der Waals surface area contributed by atoms with E-state index in [1.165, 1.54) is 11.1 Å². The van der Waals surface area contributed by atoms with Gasteiger partial charge in [0.05, 0.1) is 0 Å². The maximum absolute atomic E-state index is 9.71. The number of phenols is 1. The van der Waals surface area contributed by atoms with Crippen LogP contribution in [0.4, 0.5) is 17.1 Å². The lowest BCUT2D eigenvalue weighted by atomic mass is 9.86. The summed E-state index contributed by atoms with van der Waals surface area (Å²) >= 11 is 0. The van der Waals surface area contributed by atoms with Crippen LogP contribution in [0.5, 0.6) is 5.75 Å². The van der Waals surface area contributed by atoms with Crippen LogP contribution < -0.4 is 4.90 Å². The number of hydrogen-bond acceptors (Lipinski definition) is 2. The number of anilines is 3. The summed E-state index contributed by atoms with van der Waals surface area (Å²) < 4.78 is 0. The van der Waals surface area contributed by atoms with Crippen molar-refractivity contribution < 1.29 is 5.11 Å². The van der Waals surface area contributed by atoms with Gasteiger partial charge in [-0.05, 0) is 70.5 Å². The van der Waals surface area contributed by atoms with E-state index in [0.717, 1.165) is 17.1 Å². The lowest BCUT2D eigenvalue weighted by molar-refractivity contribution is 0.475. The first kappa shape index (κ1) is 20.0. The second kappa shape index (κ2) is 7.35. The largest absolute Gasteiger partial charge is 0.508 e. The molecule has 2 heteroatoms. The zero-order valence-electron chi connectivity index (χ0n) is 17.8. The predicted molar refractivity (Wildman–Crippen MR) is 120 cm³/mol. The quantitative estimate of drug-likeness (QED) is 0.515. The van der Waals surface area contributed by atoms with E-state index in [1.807, 2.05) is 12.1 Å². The van der Waals surface area contributed by atoms with Gasteiger partial charge in [-0.3, -0.25) is 0 Å². The zero-order valence-corrected chi connectivity index (χ0v) is 17.8. The van der Waals surface area contributed by atoms with Gasteiger partial charge < -0.3 is 10.0 Å². The molecule has 0 heterocycles. The van der Waals surface area contributed by atoms with Gasteiger partial charge in [0.2, 0.25) is 0 Å². The van der Waals surface area contributed by atoms with E-state index in [1.54, 1.807) is 12.1 Å². The fraction of sp³-hybridized carbons (Fsp3) is 0.308. The Kier molecular flexibility index (Phi) is 5.25. The first-order valence-electron chi connectivity index (χ1n) is 9.86. The van der Waals surface area contributed by atoms with Crippen LogP contribution in [0.15, 0.2) is 72.8 Å². The van der Waals surface area contributed by atoms with Crippen LogP contribution in [0.1, 0.15) is 52.7 Å². The maximum atomic E-state index is 9.71. The van der Waals surface area contributed by atoms with Gasteiger partial charge in [-0.15, -0.1) is 0 Å². The Bertz CT molecular complexity index is 851. The number of rotatable bonds is 3. The Morgan fingerprint density at radius 3 is 1.07 bits per heavy atom. The molecular formula is C26H31NO. The molecular weight excluding hydrogens is 342 g/mol. The highest BCUT2D eigenvalue weighted by Crippen LogP contribution is 2.37. The Labute approximate surface area is 169 Å². The number of aromatic hydroxyl groups is 1. The molecule has 0 unspecified atom stereocenters. The number of nitrogens with zero attached hydrogens (tertiary/aromatic N) is 1. The van der Waals surface area contributed by atoms with Crippen LogP contribution in [0.2, 0.25) is 0 Å². The third-order valence-corrected chi connectivity index (χ3v) is 5.09. The Hall–Kier alpha value is -2.74. The molecule has 0 fully saturated rings. The van der Waals surface area contributed by atoms with Gasteiger partial charge in [-0.25, -0.2) is 0 Å². The highest BCUT2D eigenvalue weighted by Gasteiger charge is 2.18. The topological polar surface area (TPSA) is 23.5 Å². The Morgan fingerprint density at radius 2 is 0.786 bits per heavy atom. The van der Waals surface area contributed by atoms with E-state index < -0.39 is 0 Å². The summed E-state index contributed by atoms with van der Waals surface area (Å²) in [4.78, 5) is 2.22. The lowest BCUT2D eigenvalue weighted by Gasteiger charge is -2.28. The van der Waals surface area contributed by atoms with Crippen LogP contribution >= 0.6 is 0 Å². The molecule has 0 saturated carbocycles. The second-order valence-electron chi connectivity index (χ2n) is 9.45. The van der Waals surface area contributed by atoms with Crippen LogP contribution in [-0.2, 0) is 10.8 Å². The molecule has 0 aliphatic carbocycles. The summed E-state index contributed by atoms with van der Waals surface area (Å²) in [5.74, 6) is 0.273. The number of hydrogen-bond donors (Lipinski definition) is 1. The zero-order chi connectivity index (χ0) is 20.5. The molecule has 0 radical (unpaired) electrons. The summed E-state index contributed by atoms with van der Waals surface area (Å²) in [5.41, 5.74) is 6.08. The molecule has 0 bridgehead atoms. The molecule has 0 aromatic heterocycles. The molecule has 0 atom stereocenters. The van der Waals surface area contributed by atoms with Crippen molar-refractivity contribution in [3.63, 3.8) is 0 Å². The maximum Gasteiger partial charge on any atom is 0.115 e. The van der Waals surface area contributed by atoms with E-state index in [9.17, 15) is 5.11 Å². The highest BCUT2D eigenvalue weighted by molar-refractivity contribution is 5.77. The Morgan fingerprint density at radius 1 is 0.500 bits per heavy atom. The molecule has 28 heavy (non-hydrogen) atoms. The second-order valence-corrected chi connectivity index (χ2v) is 9.45. The molecule has 3 rings (SSSR count). The molecule has 0 aliphatic rings. The molecule has 0 aliphatic heterocycles. The first-order valence-corrected chi connectivity index (χ1v) is 9.86. The lowest BCUT2D eigenvalue weighted by Crippen LogP contribution is -2.14. The molecule has 146 valence electrons. The predicted octanol–water partition coefficient (Wildman–Crippen LogP) is 7.46. The summed E-state index contributed by atoms with van der Waals surface area (Å²) in [6.07, 6.45) is 0. The molecule has 0 saturated heterocycles. The van der Waals surface area contributed by atoms with Crippen LogP contribution in [0.3, 0.4) is 0 Å². The molecule has 1 N–H and O–H groups in total. The van der Waals surface area contributed by atoms with Crippen LogP contribution in [0, 0.1) is 0 Å². The van der Waals surface area contributed by atoms with Crippen molar-refractivity contribution in [1.82, 2.24) is 0 Å². The van der Waals surface area contributed by atoms with Crippen molar-refractivity contribution in [3.05, 3.63) is 83.9 Å². The fourth-order valence-corrected chi connectivity index (χ4v) is 3.27. The first-order chi connectivity index (χ1) is 13.1. The molecule has 3 aromatic rings. The Balaban J connectivity index is 2.06. The molecule has 3 aromatic carbocycles. The smallest absolute Gasteiger partial charge is 0.115 e. The van der Waals surface area contributed by atoms with Gasteiger partial charge in [0.15, 0.2) is 0 Å². The van der Waals surface area contributed by atoms with Crippen molar-refractivity contribution in [2.75, 3.05) is 4.90 Å². The summed E-state index contributed by atoms with van der Waals surface area (Å²) in [6, 6.07) is 24.9. The van der Waals surface area contributed by atoms with Crippen molar-refractivity contribution in [2.24, 2.45) is 0 Å². The normalized spacial score (nSPS) is 12.1. The van der Waals surface area contributed by atoms with Crippen molar-refractivity contribution in [1.29, 1.82) is 0 Å². The van der Waals surface area contributed by atoms with Gasteiger partial charge in [0, 0.05) is 17.1 Å². The molecule has 2 nitrogen and oxygen atoms in total. The minimum absolute atomic E-state index is 0.121. The third-order valence-electron chi connectivity index (χ3n) is 5.09. The van der Waals surface area contributed by atoms with Gasteiger partial charge in [0.25, 0.3) is 0 Å². The van der Waals surface area contributed by atoms with Crippen LogP contribution in [-0.4, -0.2) is 5.11 Å². The third kappa shape index (κ3) is 4.39. The minimum Gasteiger partial charge on any atom is -0.508 e. The van der Waals surface area contributed by atoms with E-state index in [0.29, 0.717) is 0 Å². The van der Waals surface area contributed by atoms with Gasteiger partial charge in [-0.2, -0.15) is 0 Å². The average Bonchev–Trinajstić information content (AvgIpc) is 2.63. The van der Waals surface area contributed by atoms with Gasteiger partial charge in [0.1, 0.15) is 5.75 Å². The van der Waals surface area contributed by atoms with E-state index in [4.69, 9.17) is 0 Å². The average molecular weight is 374 g/mol. The van der Waals surface area contributed by atoms with E-state index >= 15 is 0 Å². The fourth-order valence-electron chi connectivity index (χ4n) is 3.27. The van der Waals surface area contributed by atoms with E-state index in [-0.39, 0.29) is 16.6 Å². The van der Waals surface area contributed by atoms with Crippen LogP contribution in [0.25, 0.3) is 0 Å². The summed E-state index contributed by atoms with van der Waals surface area (Å²) in [7, 11) is 0. The van der Waals surface area contributed by atoms with Crippen molar-refractivity contribution >= 4 is 17.1 Å². The SMILES string of the molecule is CC(C)(C)c1ccc(N(c2ccc(O)cc2)c2ccc(C(C)(C)C)cc2)cc1. The number of phenolic OH excluding ortho intramolecular Hbond substituents is 1. The standard InChI is InChI=1S/C26H31NO/c1-25(2,3)19-7-11-21(12-8-19)27(23-15-17-24(28)18-16-23)22-13-9-20(10-14-22)26(4,5)6/h7-18,28H,1-6H3. The van der Waals surface area contributed by atoms with Crippen molar-refractivity contribution in [3.8, 4) is 5.75 Å². The van der Waals surface area contributed by atoms with Gasteiger partial charge >= 0.3 is 0 Å². The van der Waals surface area contributed by atoms with Gasteiger partial charge in [-0.1, -0.05) is 65.8 Å². The highest BCUT2D eigenvalue weighted by atomic mass is 16.3.